The van der Waals surface area contributed by atoms with Gasteiger partial charge in [-0.2, -0.15) is 0 Å². The van der Waals surface area contributed by atoms with Gasteiger partial charge in [-0.1, -0.05) is 61.9 Å². The number of carboxylic acid groups (broad SMARTS) is 1. The minimum atomic E-state index is -1.16. The second-order valence-corrected chi connectivity index (χ2v) is 8.30. The van der Waals surface area contributed by atoms with E-state index >= 15 is 0 Å². The molecule has 0 radical (unpaired) electrons. The van der Waals surface area contributed by atoms with E-state index < -0.39 is 29.8 Å². The van der Waals surface area contributed by atoms with Gasteiger partial charge in [0.15, 0.2) is 0 Å². The van der Waals surface area contributed by atoms with Crippen molar-refractivity contribution >= 4 is 23.7 Å². The number of carbonyl (C=O) groups excluding carboxylic acids is 2. The SMILES string of the molecule is CCC[C@H](NC(=O)c1ccc(NC(=O)OCC2c3ccccc3-c3ccccc32)c(F)c1)C(=O)O. The quantitative estimate of drug-likeness (QED) is 0.416. The normalized spacial score (nSPS) is 12.9. The van der Waals surface area contributed by atoms with Gasteiger partial charge in [-0.15, -0.1) is 0 Å². The minimum absolute atomic E-state index is 0.0528. The highest BCUT2D eigenvalue weighted by atomic mass is 19.1. The van der Waals surface area contributed by atoms with Crippen LogP contribution in [0.15, 0.2) is 66.7 Å². The van der Waals surface area contributed by atoms with Gasteiger partial charge < -0.3 is 15.2 Å². The predicted molar refractivity (Wildman–Crippen MR) is 129 cm³/mol. The number of hydrogen-bond acceptors (Lipinski definition) is 4. The van der Waals surface area contributed by atoms with E-state index in [1.54, 1.807) is 6.92 Å². The number of hydrogen-bond donors (Lipinski definition) is 3. The Bertz CT molecular complexity index is 1230. The molecule has 3 aromatic rings. The van der Waals surface area contributed by atoms with Crippen molar-refractivity contribution in [3.63, 3.8) is 0 Å². The molecule has 3 N–H and O–H groups in total. The zero-order valence-electron chi connectivity index (χ0n) is 19.1. The first-order chi connectivity index (χ1) is 16.9. The maximum absolute atomic E-state index is 14.6. The summed E-state index contributed by atoms with van der Waals surface area (Å²) in [6.45, 7) is 1.88. The van der Waals surface area contributed by atoms with Crippen LogP contribution in [0.1, 0.15) is 47.2 Å². The van der Waals surface area contributed by atoms with Gasteiger partial charge in [0.1, 0.15) is 18.5 Å². The van der Waals surface area contributed by atoms with E-state index in [0.29, 0.717) is 6.42 Å². The standard InChI is InChI=1S/C27H25FN2O5/c1-2-7-24(26(32)33)29-25(31)16-12-13-23(22(28)14-16)30-27(34)35-15-21-19-10-5-3-8-17(19)18-9-4-6-11-20(18)21/h3-6,8-14,21,24H,2,7,15H2,1H3,(H,29,31)(H,30,34)(H,32,33)/t24-/m0/s1. The lowest BCUT2D eigenvalue weighted by Gasteiger charge is -2.15. The van der Waals surface area contributed by atoms with Crippen LogP contribution in [-0.4, -0.2) is 35.7 Å². The first kappa shape index (κ1) is 23.9. The van der Waals surface area contributed by atoms with Crippen LogP contribution in [0.5, 0.6) is 0 Å². The fraction of sp³-hybridized carbons (Fsp3) is 0.222. The monoisotopic (exact) mass is 476 g/mol. The molecule has 0 fully saturated rings. The van der Waals surface area contributed by atoms with E-state index in [0.717, 1.165) is 28.3 Å². The Morgan fingerprint density at radius 2 is 1.63 bits per heavy atom. The number of amides is 2. The minimum Gasteiger partial charge on any atom is -0.480 e. The molecule has 2 amide bonds. The summed E-state index contributed by atoms with van der Waals surface area (Å²) in [5.74, 6) is -2.84. The van der Waals surface area contributed by atoms with Gasteiger partial charge in [0, 0.05) is 11.5 Å². The zero-order chi connectivity index (χ0) is 24.9. The van der Waals surface area contributed by atoms with E-state index in [2.05, 4.69) is 10.6 Å². The highest BCUT2D eigenvalue weighted by Crippen LogP contribution is 2.44. The summed E-state index contributed by atoms with van der Waals surface area (Å²) in [7, 11) is 0. The third-order valence-corrected chi connectivity index (χ3v) is 5.99. The Kier molecular flexibility index (Phi) is 7.10. The number of halogens is 1. The van der Waals surface area contributed by atoms with Crippen molar-refractivity contribution in [2.45, 2.75) is 31.7 Å². The van der Waals surface area contributed by atoms with Crippen molar-refractivity contribution in [1.29, 1.82) is 0 Å². The second kappa shape index (κ2) is 10.4. The third kappa shape index (κ3) is 5.16. The van der Waals surface area contributed by atoms with Crippen LogP contribution in [-0.2, 0) is 9.53 Å². The molecule has 0 aliphatic heterocycles. The van der Waals surface area contributed by atoms with Gasteiger partial charge in [-0.25, -0.2) is 14.0 Å². The van der Waals surface area contributed by atoms with Crippen molar-refractivity contribution in [3.05, 3.63) is 89.2 Å². The highest BCUT2D eigenvalue weighted by molar-refractivity contribution is 5.97. The van der Waals surface area contributed by atoms with Crippen molar-refractivity contribution in [1.82, 2.24) is 5.32 Å². The molecule has 1 atom stereocenters. The molecule has 7 nitrogen and oxygen atoms in total. The van der Waals surface area contributed by atoms with E-state index in [1.807, 2.05) is 48.5 Å². The predicted octanol–water partition coefficient (Wildman–Crippen LogP) is 5.17. The average molecular weight is 477 g/mol. The van der Waals surface area contributed by atoms with Gasteiger partial charge in [0.2, 0.25) is 0 Å². The number of fused-ring (bicyclic) bond motifs is 3. The molecule has 0 saturated carbocycles. The molecule has 3 aromatic carbocycles. The van der Waals surface area contributed by atoms with E-state index in [9.17, 15) is 23.9 Å². The Balaban J connectivity index is 1.39. The first-order valence-electron chi connectivity index (χ1n) is 11.3. The lowest BCUT2D eigenvalue weighted by atomic mass is 9.98. The molecule has 0 aromatic heterocycles. The number of carbonyl (C=O) groups is 3. The number of benzene rings is 3. The van der Waals surface area contributed by atoms with Gasteiger partial charge in [0.05, 0.1) is 5.69 Å². The van der Waals surface area contributed by atoms with Crippen molar-refractivity contribution < 1.29 is 28.6 Å². The molecule has 0 saturated heterocycles. The largest absolute Gasteiger partial charge is 0.480 e. The Morgan fingerprint density at radius 1 is 1.00 bits per heavy atom. The summed E-state index contributed by atoms with van der Waals surface area (Å²) in [5.41, 5.74) is 4.11. The molecule has 1 aliphatic carbocycles. The topological polar surface area (TPSA) is 105 Å². The van der Waals surface area contributed by atoms with E-state index in [1.165, 1.54) is 12.1 Å². The van der Waals surface area contributed by atoms with Crippen LogP contribution in [0, 0.1) is 5.82 Å². The molecule has 0 spiro atoms. The van der Waals surface area contributed by atoms with Crippen LogP contribution in [0.2, 0.25) is 0 Å². The average Bonchev–Trinajstić information content (AvgIpc) is 3.17. The number of ether oxygens (including phenoxy) is 1. The van der Waals surface area contributed by atoms with Crippen LogP contribution in [0.25, 0.3) is 11.1 Å². The summed E-state index contributed by atoms with van der Waals surface area (Å²) in [4.78, 5) is 36.0. The third-order valence-electron chi connectivity index (χ3n) is 5.99. The number of rotatable bonds is 8. The van der Waals surface area contributed by atoms with E-state index in [-0.39, 0.29) is 30.2 Å². The molecule has 4 rings (SSSR count). The van der Waals surface area contributed by atoms with Crippen LogP contribution in [0.3, 0.4) is 0 Å². The van der Waals surface area contributed by atoms with Crippen molar-refractivity contribution in [3.8, 4) is 11.1 Å². The molecule has 0 bridgehead atoms. The molecule has 1 aliphatic rings. The highest BCUT2D eigenvalue weighted by Gasteiger charge is 2.29. The first-order valence-corrected chi connectivity index (χ1v) is 11.3. The molecule has 0 unspecified atom stereocenters. The van der Waals surface area contributed by atoms with Gasteiger partial charge in [-0.05, 0) is 46.9 Å². The maximum Gasteiger partial charge on any atom is 0.411 e. The molecule has 8 heteroatoms. The second-order valence-electron chi connectivity index (χ2n) is 8.30. The van der Waals surface area contributed by atoms with Gasteiger partial charge in [0.25, 0.3) is 5.91 Å². The zero-order valence-corrected chi connectivity index (χ0v) is 19.1. The van der Waals surface area contributed by atoms with Crippen molar-refractivity contribution in [2.24, 2.45) is 0 Å². The number of carboxylic acids is 1. The molecular formula is C27H25FN2O5. The number of anilines is 1. The Morgan fingerprint density at radius 3 is 2.20 bits per heavy atom. The lowest BCUT2D eigenvalue weighted by molar-refractivity contribution is -0.139. The summed E-state index contributed by atoms with van der Waals surface area (Å²) in [6, 6.07) is 18.3. The number of nitrogens with one attached hydrogen (secondary N) is 2. The van der Waals surface area contributed by atoms with Crippen LogP contribution < -0.4 is 10.6 Å². The summed E-state index contributed by atoms with van der Waals surface area (Å²) < 4.78 is 20.0. The fourth-order valence-electron chi connectivity index (χ4n) is 4.29. The smallest absolute Gasteiger partial charge is 0.411 e. The maximum atomic E-state index is 14.6. The number of aliphatic carboxylic acids is 1. The molecule has 0 heterocycles. The fourth-order valence-corrected chi connectivity index (χ4v) is 4.29. The van der Waals surface area contributed by atoms with E-state index in [4.69, 9.17) is 4.74 Å². The lowest BCUT2D eigenvalue weighted by Crippen LogP contribution is -2.40. The van der Waals surface area contributed by atoms with Crippen LogP contribution in [0.4, 0.5) is 14.9 Å². The van der Waals surface area contributed by atoms with Crippen molar-refractivity contribution in [2.75, 3.05) is 11.9 Å². The van der Waals surface area contributed by atoms with Gasteiger partial charge >= 0.3 is 12.1 Å². The molecular weight excluding hydrogens is 451 g/mol. The summed E-state index contributed by atoms with van der Waals surface area (Å²) in [6.07, 6.45) is -0.00333. The molecule has 180 valence electrons. The summed E-state index contributed by atoms with van der Waals surface area (Å²) in [5, 5.41) is 13.9. The molecule has 35 heavy (non-hydrogen) atoms. The van der Waals surface area contributed by atoms with Crippen LogP contribution >= 0.6 is 0 Å². The Labute approximate surface area is 201 Å². The summed E-state index contributed by atoms with van der Waals surface area (Å²) >= 11 is 0. The van der Waals surface area contributed by atoms with Gasteiger partial charge in [-0.3, -0.25) is 10.1 Å². The Hall–Kier alpha value is -4.20.